The lowest BCUT2D eigenvalue weighted by Gasteiger charge is -2.10. The van der Waals surface area contributed by atoms with Crippen molar-refractivity contribution < 1.29 is 23.7 Å². The highest BCUT2D eigenvalue weighted by Crippen LogP contribution is 2.32. The van der Waals surface area contributed by atoms with Crippen LogP contribution in [0, 0.1) is 0 Å². The Labute approximate surface area is 162 Å². The molecule has 0 unspecified atom stereocenters. The standard InChI is InChI=1S/C22H19NO5/c24-22(23-13-16-9-10-20-21(11-16)27-15-26-20)14-25-18-7-4-8-19(12-18)28-17-5-2-1-3-6-17/h1-12H,13-15H2,(H,23,24). The molecular formula is C22H19NO5. The van der Waals surface area contributed by atoms with Crippen LogP contribution in [0.5, 0.6) is 28.7 Å². The fourth-order valence-corrected chi connectivity index (χ4v) is 2.70. The molecule has 0 bridgehead atoms. The van der Waals surface area contributed by atoms with Crippen LogP contribution < -0.4 is 24.3 Å². The highest BCUT2D eigenvalue weighted by atomic mass is 16.7. The molecule has 3 aromatic carbocycles. The number of amides is 1. The maximum atomic E-state index is 12.1. The van der Waals surface area contributed by atoms with E-state index in [9.17, 15) is 4.79 Å². The third-order valence-corrected chi connectivity index (χ3v) is 4.08. The number of ether oxygens (including phenoxy) is 4. The molecule has 1 aliphatic rings. The van der Waals surface area contributed by atoms with E-state index in [0.717, 1.165) is 17.1 Å². The number of hydrogen-bond donors (Lipinski definition) is 1. The molecule has 0 atom stereocenters. The van der Waals surface area contributed by atoms with Crippen molar-refractivity contribution in [2.24, 2.45) is 0 Å². The Hall–Kier alpha value is -3.67. The molecule has 6 nitrogen and oxygen atoms in total. The topological polar surface area (TPSA) is 66.0 Å². The van der Waals surface area contributed by atoms with Gasteiger partial charge in [0.25, 0.3) is 5.91 Å². The minimum Gasteiger partial charge on any atom is -0.484 e. The smallest absolute Gasteiger partial charge is 0.258 e. The van der Waals surface area contributed by atoms with Crippen molar-refractivity contribution in [1.82, 2.24) is 5.32 Å². The van der Waals surface area contributed by atoms with Gasteiger partial charge >= 0.3 is 0 Å². The lowest BCUT2D eigenvalue weighted by atomic mass is 10.2. The van der Waals surface area contributed by atoms with Crippen molar-refractivity contribution in [1.29, 1.82) is 0 Å². The maximum Gasteiger partial charge on any atom is 0.258 e. The number of carbonyl (C=O) groups is 1. The molecule has 0 fully saturated rings. The first-order valence-electron chi connectivity index (χ1n) is 8.87. The summed E-state index contributed by atoms with van der Waals surface area (Å²) in [4.78, 5) is 12.1. The molecule has 0 aromatic heterocycles. The number of para-hydroxylation sites is 1. The molecule has 142 valence electrons. The van der Waals surface area contributed by atoms with Crippen LogP contribution in [-0.2, 0) is 11.3 Å². The first kappa shape index (κ1) is 17.7. The summed E-state index contributed by atoms with van der Waals surface area (Å²) in [5, 5.41) is 2.82. The van der Waals surface area contributed by atoms with E-state index in [0.29, 0.717) is 23.8 Å². The predicted octanol–water partition coefficient (Wildman–Crippen LogP) is 3.90. The van der Waals surface area contributed by atoms with Crippen molar-refractivity contribution in [3.8, 4) is 28.7 Å². The van der Waals surface area contributed by atoms with E-state index in [4.69, 9.17) is 18.9 Å². The highest BCUT2D eigenvalue weighted by Gasteiger charge is 2.13. The van der Waals surface area contributed by atoms with Crippen LogP contribution in [0.25, 0.3) is 0 Å². The van der Waals surface area contributed by atoms with Gasteiger partial charge in [-0.15, -0.1) is 0 Å². The van der Waals surface area contributed by atoms with E-state index >= 15 is 0 Å². The van der Waals surface area contributed by atoms with Gasteiger partial charge in [-0.3, -0.25) is 4.79 Å². The Bertz CT molecular complexity index is 958. The summed E-state index contributed by atoms with van der Waals surface area (Å²) in [5.41, 5.74) is 0.927. The fraction of sp³-hybridized carbons (Fsp3) is 0.136. The zero-order chi connectivity index (χ0) is 19.2. The van der Waals surface area contributed by atoms with Gasteiger partial charge in [-0.05, 0) is 42.0 Å². The minimum atomic E-state index is -0.216. The molecule has 0 saturated carbocycles. The van der Waals surface area contributed by atoms with Crippen LogP contribution in [0.2, 0.25) is 0 Å². The van der Waals surface area contributed by atoms with Gasteiger partial charge in [-0.1, -0.05) is 30.3 Å². The minimum absolute atomic E-state index is 0.0840. The van der Waals surface area contributed by atoms with Crippen LogP contribution in [-0.4, -0.2) is 19.3 Å². The van der Waals surface area contributed by atoms with E-state index in [1.54, 1.807) is 12.1 Å². The SMILES string of the molecule is O=C(COc1cccc(Oc2ccccc2)c1)NCc1ccc2c(c1)OCO2. The molecule has 28 heavy (non-hydrogen) atoms. The Balaban J connectivity index is 1.27. The van der Waals surface area contributed by atoms with Gasteiger partial charge in [-0.2, -0.15) is 0 Å². The summed E-state index contributed by atoms with van der Waals surface area (Å²) in [7, 11) is 0. The monoisotopic (exact) mass is 377 g/mol. The number of nitrogens with one attached hydrogen (secondary N) is 1. The largest absolute Gasteiger partial charge is 0.484 e. The molecule has 3 aromatic rings. The summed E-state index contributed by atoms with van der Waals surface area (Å²) in [6.07, 6.45) is 0. The van der Waals surface area contributed by atoms with Crippen molar-refractivity contribution >= 4 is 5.91 Å². The molecule has 0 spiro atoms. The molecule has 1 aliphatic heterocycles. The lowest BCUT2D eigenvalue weighted by Crippen LogP contribution is -2.28. The molecule has 1 amide bonds. The highest BCUT2D eigenvalue weighted by molar-refractivity contribution is 5.77. The maximum absolute atomic E-state index is 12.1. The van der Waals surface area contributed by atoms with Crippen molar-refractivity contribution in [2.45, 2.75) is 6.54 Å². The Morgan fingerprint density at radius 2 is 1.64 bits per heavy atom. The third kappa shape index (κ3) is 4.54. The van der Waals surface area contributed by atoms with Crippen molar-refractivity contribution in [2.75, 3.05) is 13.4 Å². The van der Waals surface area contributed by atoms with Crippen LogP contribution in [0.15, 0.2) is 72.8 Å². The van der Waals surface area contributed by atoms with Gasteiger partial charge in [0.05, 0.1) is 0 Å². The Kier molecular flexibility index (Phi) is 5.29. The van der Waals surface area contributed by atoms with Crippen LogP contribution in [0.1, 0.15) is 5.56 Å². The second kappa shape index (κ2) is 8.35. The number of rotatable bonds is 7. The normalized spacial score (nSPS) is 11.7. The second-order valence-electron chi connectivity index (χ2n) is 6.14. The molecule has 1 heterocycles. The molecule has 0 radical (unpaired) electrons. The van der Waals surface area contributed by atoms with Gasteiger partial charge in [0.2, 0.25) is 6.79 Å². The summed E-state index contributed by atoms with van der Waals surface area (Å²) in [5.74, 6) is 3.14. The number of benzene rings is 3. The summed E-state index contributed by atoms with van der Waals surface area (Å²) in [6, 6.07) is 22.2. The van der Waals surface area contributed by atoms with Gasteiger partial charge < -0.3 is 24.3 Å². The summed E-state index contributed by atoms with van der Waals surface area (Å²) < 4.78 is 21.9. The molecule has 0 saturated heterocycles. The molecular weight excluding hydrogens is 358 g/mol. The molecule has 6 heteroatoms. The van der Waals surface area contributed by atoms with Gasteiger partial charge in [-0.25, -0.2) is 0 Å². The van der Waals surface area contributed by atoms with E-state index in [2.05, 4.69) is 5.32 Å². The van der Waals surface area contributed by atoms with Gasteiger partial charge in [0, 0.05) is 12.6 Å². The number of fused-ring (bicyclic) bond motifs is 1. The average molecular weight is 377 g/mol. The summed E-state index contributed by atoms with van der Waals surface area (Å²) >= 11 is 0. The number of carbonyl (C=O) groups excluding carboxylic acids is 1. The van der Waals surface area contributed by atoms with Crippen LogP contribution in [0.3, 0.4) is 0 Å². The van der Waals surface area contributed by atoms with Gasteiger partial charge in [0.15, 0.2) is 18.1 Å². The fourth-order valence-electron chi connectivity index (χ4n) is 2.70. The van der Waals surface area contributed by atoms with Crippen LogP contribution >= 0.6 is 0 Å². The second-order valence-corrected chi connectivity index (χ2v) is 6.14. The van der Waals surface area contributed by atoms with Gasteiger partial charge in [0.1, 0.15) is 17.2 Å². The zero-order valence-corrected chi connectivity index (χ0v) is 15.1. The quantitative estimate of drug-likeness (QED) is 0.676. The van der Waals surface area contributed by atoms with E-state index in [1.165, 1.54) is 0 Å². The van der Waals surface area contributed by atoms with E-state index in [1.807, 2.05) is 60.7 Å². The first-order valence-corrected chi connectivity index (χ1v) is 8.87. The first-order chi connectivity index (χ1) is 13.8. The van der Waals surface area contributed by atoms with E-state index in [-0.39, 0.29) is 19.3 Å². The zero-order valence-electron chi connectivity index (χ0n) is 15.1. The van der Waals surface area contributed by atoms with Crippen molar-refractivity contribution in [3.63, 3.8) is 0 Å². The number of hydrogen-bond acceptors (Lipinski definition) is 5. The van der Waals surface area contributed by atoms with Crippen LogP contribution in [0.4, 0.5) is 0 Å². The Morgan fingerprint density at radius 3 is 2.54 bits per heavy atom. The summed E-state index contributed by atoms with van der Waals surface area (Å²) in [6.45, 7) is 0.529. The molecule has 1 N–H and O–H groups in total. The average Bonchev–Trinajstić information content (AvgIpc) is 3.20. The van der Waals surface area contributed by atoms with E-state index < -0.39 is 0 Å². The molecule has 0 aliphatic carbocycles. The predicted molar refractivity (Wildman–Crippen MR) is 103 cm³/mol. The Morgan fingerprint density at radius 1 is 0.857 bits per heavy atom. The lowest BCUT2D eigenvalue weighted by molar-refractivity contribution is -0.123. The third-order valence-electron chi connectivity index (χ3n) is 4.08. The van der Waals surface area contributed by atoms with Crippen molar-refractivity contribution in [3.05, 3.63) is 78.4 Å². The molecule has 4 rings (SSSR count).